The van der Waals surface area contributed by atoms with Crippen molar-refractivity contribution in [2.75, 3.05) is 0 Å². The summed E-state index contributed by atoms with van der Waals surface area (Å²) in [5.74, 6) is 0. The molecule has 0 radical (unpaired) electrons. The molecule has 3 heteroatoms. The number of aryl methyl sites for hydroxylation is 1. The Hall–Kier alpha value is -1.64. The molecule has 2 aromatic heterocycles. The second kappa shape index (κ2) is 2.77. The molecule has 0 atom stereocenters. The van der Waals surface area contributed by atoms with E-state index in [2.05, 4.69) is 10.1 Å². The maximum Gasteiger partial charge on any atom is 0.0694 e. The summed E-state index contributed by atoms with van der Waals surface area (Å²) in [6, 6.07) is 5.91. The van der Waals surface area contributed by atoms with Crippen molar-refractivity contribution in [2.45, 2.75) is 0 Å². The van der Waals surface area contributed by atoms with E-state index in [0.29, 0.717) is 0 Å². The number of pyridine rings is 1. The van der Waals surface area contributed by atoms with Gasteiger partial charge in [-0.05, 0) is 18.2 Å². The van der Waals surface area contributed by atoms with Gasteiger partial charge in [-0.2, -0.15) is 5.10 Å². The highest BCUT2D eigenvalue weighted by Crippen LogP contribution is 2.15. The van der Waals surface area contributed by atoms with Crippen molar-refractivity contribution >= 4 is 0 Å². The minimum Gasteiger partial charge on any atom is -0.268 e. The van der Waals surface area contributed by atoms with Crippen LogP contribution in [0.3, 0.4) is 0 Å². The molecule has 2 aromatic rings. The first kappa shape index (κ1) is 7.03. The van der Waals surface area contributed by atoms with E-state index in [0.717, 1.165) is 11.3 Å². The Labute approximate surface area is 70.7 Å². The number of aromatic nitrogens is 3. The standard InChI is InChI=1S/C9H9N3/c1-12-9(4-6-11-12)8-3-2-5-10-7-8/h2-7H,1H3. The normalized spacial score (nSPS) is 10.1. The molecule has 12 heavy (non-hydrogen) atoms. The topological polar surface area (TPSA) is 30.7 Å². The lowest BCUT2D eigenvalue weighted by Gasteiger charge is -1.99. The molecule has 0 spiro atoms. The van der Waals surface area contributed by atoms with Crippen LogP contribution >= 0.6 is 0 Å². The van der Waals surface area contributed by atoms with Gasteiger partial charge in [0, 0.05) is 31.2 Å². The van der Waals surface area contributed by atoms with Crippen molar-refractivity contribution in [3.63, 3.8) is 0 Å². The Morgan fingerprint density at radius 3 is 2.75 bits per heavy atom. The molecule has 0 amide bonds. The molecular weight excluding hydrogens is 150 g/mol. The maximum atomic E-state index is 4.08. The van der Waals surface area contributed by atoms with E-state index >= 15 is 0 Å². The first-order valence-corrected chi connectivity index (χ1v) is 3.76. The molecule has 0 aliphatic heterocycles. The minimum atomic E-state index is 1.09. The Kier molecular flexibility index (Phi) is 1.63. The van der Waals surface area contributed by atoms with E-state index in [1.807, 2.05) is 36.1 Å². The average Bonchev–Trinajstić information content (AvgIpc) is 2.53. The van der Waals surface area contributed by atoms with Gasteiger partial charge >= 0.3 is 0 Å². The van der Waals surface area contributed by atoms with Crippen LogP contribution in [-0.2, 0) is 7.05 Å². The van der Waals surface area contributed by atoms with E-state index in [9.17, 15) is 0 Å². The van der Waals surface area contributed by atoms with Crippen molar-refractivity contribution in [1.82, 2.24) is 14.8 Å². The Morgan fingerprint density at radius 1 is 1.25 bits per heavy atom. The Morgan fingerprint density at radius 2 is 2.17 bits per heavy atom. The van der Waals surface area contributed by atoms with Gasteiger partial charge in [0.2, 0.25) is 0 Å². The third-order valence-corrected chi connectivity index (χ3v) is 1.78. The lowest BCUT2D eigenvalue weighted by atomic mass is 10.2. The van der Waals surface area contributed by atoms with Crippen molar-refractivity contribution in [1.29, 1.82) is 0 Å². The molecule has 60 valence electrons. The summed E-state index contributed by atoms with van der Waals surface area (Å²) >= 11 is 0. The zero-order valence-corrected chi connectivity index (χ0v) is 6.81. The van der Waals surface area contributed by atoms with Crippen LogP contribution < -0.4 is 0 Å². The second-order valence-electron chi connectivity index (χ2n) is 2.58. The van der Waals surface area contributed by atoms with Crippen LogP contribution in [0.1, 0.15) is 0 Å². The second-order valence-corrected chi connectivity index (χ2v) is 2.58. The van der Waals surface area contributed by atoms with Crippen molar-refractivity contribution in [2.24, 2.45) is 7.05 Å². The molecule has 2 rings (SSSR count). The minimum absolute atomic E-state index is 1.09. The van der Waals surface area contributed by atoms with Crippen LogP contribution in [0.15, 0.2) is 36.8 Å². The van der Waals surface area contributed by atoms with Gasteiger partial charge in [0.25, 0.3) is 0 Å². The van der Waals surface area contributed by atoms with Crippen LogP contribution in [0.2, 0.25) is 0 Å². The predicted octanol–water partition coefficient (Wildman–Crippen LogP) is 1.48. The summed E-state index contributed by atoms with van der Waals surface area (Å²) < 4.78 is 1.83. The number of nitrogens with zero attached hydrogens (tertiary/aromatic N) is 3. The highest BCUT2D eigenvalue weighted by atomic mass is 15.3. The van der Waals surface area contributed by atoms with Crippen LogP contribution in [0, 0.1) is 0 Å². The van der Waals surface area contributed by atoms with Crippen LogP contribution in [0.4, 0.5) is 0 Å². The van der Waals surface area contributed by atoms with Gasteiger partial charge in [-0.3, -0.25) is 9.67 Å². The largest absolute Gasteiger partial charge is 0.268 e. The average molecular weight is 159 g/mol. The van der Waals surface area contributed by atoms with E-state index < -0.39 is 0 Å². The molecule has 0 saturated carbocycles. The summed E-state index contributed by atoms with van der Waals surface area (Å²) in [5, 5.41) is 4.08. The number of hydrogen-bond acceptors (Lipinski definition) is 2. The van der Waals surface area contributed by atoms with Crippen LogP contribution in [0.5, 0.6) is 0 Å². The fourth-order valence-electron chi connectivity index (χ4n) is 1.17. The zero-order chi connectivity index (χ0) is 8.39. The van der Waals surface area contributed by atoms with E-state index in [1.54, 1.807) is 12.4 Å². The third-order valence-electron chi connectivity index (χ3n) is 1.78. The molecule has 0 aliphatic carbocycles. The summed E-state index contributed by atoms with van der Waals surface area (Å²) in [4.78, 5) is 4.04. The molecule has 0 aliphatic rings. The van der Waals surface area contributed by atoms with Crippen molar-refractivity contribution in [3.05, 3.63) is 36.8 Å². The lowest BCUT2D eigenvalue weighted by molar-refractivity contribution is 0.775. The van der Waals surface area contributed by atoms with Crippen molar-refractivity contribution in [3.8, 4) is 11.3 Å². The van der Waals surface area contributed by atoms with Gasteiger partial charge in [-0.1, -0.05) is 0 Å². The summed E-state index contributed by atoms with van der Waals surface area (Å²) in [5.41, 5.74) is 2.18. The summed E-state index contributed by atoms with van der Waals surface area (Å²) in [6.07, 6.45) is 5.37. The van der Waals surface area contributed by atoms with Gasteiger partial charge in [-0.25, -0.2) is 0 Å². The molecule has 3 nitrogen and oxygen atoms in total. The smallest absolute Gasteiger partial charge is 0.0694 e. The van der Waals surface area contributed by atoms with Crippen molar-refractivity contribution < 1.29 is 0 Å². The highest BCUT2D eigenvalue weighted by Gasteiger charge is 1.99. The predicted molar refractivity (Wildman–Crippen MR) is 46.4 cm³/mol. The first-order valence-electron chi connectivity index (χ1n) is 3.76. The summed E-state index contributed by atoms with van der Waals surface area (Å²) in [7, 11) is 1.92. The highest BCUT2D eigenvalue weighted by molar-refractivity contribution is 5.57. The quantitative estimate of drug-likeness (QED) is 0.631. The van der Waals surface area contributed by atoms with Crippen LogP contribution in [-0.4, -0.2) is 14.8 Å². The van der Waals surface area contributed by atoms with Gasteiger partial charge in [0.15, 0.2) is 0 Å². The number of hydrogen-bond donors (Lipinski definition) is 0. The molecule has 0 fully saturated rings. The first-order chi connectivity index (χ1) is 5.88. The van der Waals surface area contributed by atoms with Crippen LogP contribution in [0.25, 0.3) is 11.3 Å². The molecular formula is C9H9N3. The van der Waals surface area contributed by atoms with Gasteiger partial charge in [0.05, 0.1) is 5.69 Å². The summed E-state index contributed by atoms with van der Waals surface area (Å²) in [6.45, 7) is 0. The molecule has 2 heterocycles. The van der Waals surface area contributed by atoms with E-state index in [1.165, 1.54) is 0 Å². The third kappa shape index (κ3) is 1.09. The Balaban J connectivity index is 2.51. The molecule has 0 aromatic carbocycles. The lowest BCUT2D eigenvalue weighted by Crippen LogP contribution is -1.92. The number of rotatable bonds is 1. The maximum absolute atomic E-state index is 4.08. The molecule has 0 unspecified atom stereocenters. The van der Waals surface area contributed by atoms with Gasteiger partial charge in [-0.15, -0.1) is 0 Å². The molecule has 0 saturated heterocycles. The fraction of sp³-hybridized carbons (Fsp3) is 0.111. The van der Waals surface area contributed by atoms with E-state index in [4.69, 9.17) is 0 Å². The SMILES string of the molecule is Cn1nccc1-c1cccnc1. The molecule has 0 bridgehead atoms. The zero-order valence-electron chi connectivity index (χ0n) is 6.81. The van der Waals surface area contributed by atoms with E-state index in [-0.39, 0.29) is 0 Å². The monoisotopic (exact) mass is 159 g/mol. The van der Waals surface area contributed by atoms with Gasteiger partial charge < -0.3 is 0 Å². The fourth-order valence-corrected chi connectivity index (χ4v) is 1.17. The van der Waals surface area contributed by atoms with Gasteiger partial charge in [0.1, 0.15) is 0 Å². The molecule has 0 N–H and O–H groups in total. The Bertz CT molecular complexity index is 364.